The van der Waals surface area contributed by atoms with E-state index >= 15 is 0 Å². The van der Waals surface area contributed by atoms with Crippen molar-refractivity contribution in [2.24, 2.45) is 4.99 Å². The van der Waals surface area contributed by atoms with Crippen LogP contribution in [-0.2, 0) is 14.3 Å². The van der Waals surface area contributed by atoms with Crippen molar-refractivity contribution in [3.63, 3.8) is 0 Å². The molecule has 1 N–H and O–H groups in total. The fraction of sp³-hybridized carbons (Fsp3) is 0.250. The molecule has 3 aromatic rings. The zero-order chi connectivity index (χ0) is 25.9. The minimum Gasteiger partial charge on any atom is -0.481 e. The van der Waals surface area contributed by atoms with Crippen LogP contribution in [-0.4, -0.2) is 27.7 Å². The van der Waals surface area contributed by atoms with Gasteiger partial charge in [-0.1, -0.05) is 46.7 Å². The highest BCUT2D eigenvalue weighted by Crippen LogP contribution is 2.33. The second-order valence-electron chi connectivity index (χ2n) is 7.74. The summed E-state index contributed by atoms with van der Waals surface area (Å²) in [6, 6.07) is 8.31. The summed E-state index contributed by atoms with van der Waals surface area (Å²) in [6.45, 7) is 6.43. The van der Waals surface area contributed by atoms with Gasteiger partial charge in [-0.25, -0.2) is 9.79 Å². The third-order valence-electron chi connectivity index (χ3n) is 4.65. The lowest BCUT2D eigenvalue weighted by molar-refractivity contribution is -0.143. The van der Waals surface area contributed by atoms with Gasteiger partial charge in [0, 0.05) is 21.8 Å². The van der Waals surface area contributed by atoms with E-state index in [2.05, 4.69) is 4.99 Å². The maximum atomic E-state index is 13.4. The lowest BCUT2D eigenvalue weighted by Crippen LogP contribution is -2.39. The maximum Gasteiger partial charge on any atom is 0.338 e. The first-order chi connectivity index (χ1) is 16.5. The molecule has 11 heteroatoms. The van der Waals surface area contributed by atoms with Crippen molar-refractivity contribution < 1.29 is 19.4 Å². The summed E-state index contributed by atoms with van der Waals surface area (Å²) in [4.78, 5) is 41.3. The molecule has 1 aromatic carbocycles. The topological polar surface area (TPSA) is 98.0 Å². The average molecular weight is 553 g/mol. The second kappa shape index (κ2) is 11.3. The minimum atomic E-state index is -0.833. The number of carbonyl (C=O) groups excluding carboxylic acids is 1. The number of carboxylic acids is 1. The Labute approximate surface area is 219 Å². The Hall–Kier alpha value is -2.72. The molecule has 0 fully saturated rings. The number of rotatable bonds is 4. The molecular formula is C24H22Cl2N2O5S2. The molecular weight excluding hydrogens is 531 g/mol. The normalized spacial score (nSPS) is 15.3. The summed E-state index contributed by atoms with van der Waals surface area (Å²) >= 11 is 15.0. The predicted octanol–water partition coefficient (Wildman–Crippen LogP) is 4.65. The summed E-state index contributed by atoms with van der Waals surface area (Å²) in [5, 5.41) is 10.3. The molecule has 1 aliphatic rings. The van der Waals surface area contributed by atoms with Crippen molar-refractivity contribution in [3.8, 4) is 0 Å². The number of hydrogen-bond acceptors (Lipinski definition) is 7. The molecule has 0 saturated carbocycles. The molecule has 184 valence electrons. The summed E-state index contributed by atoms with van der Waals surface area (Å²) in [7, 11) is 0. The van der Waals surface area contributed by atoms with Crippen LogP contribution in [0, 0.1) is 0 Å². The van der Waals surface area contributed by atoms with Gasteiger partial charge in [0.15, 0.2) is 4.80 Å². The van der Waals surface area contributed by atoms with Crippen molar-refractivity contribution in [3.05, 3.63) is 87.2 Å². The third kappa shape index (κ3) is 6.29. The van der Waals surface area contributed by atoms with E-state index in [1.807, 2.05) is 17.5 Å². The van der Waals surface area contributed by atoms with E-state index in [-0.39, 0.29) is 11.7 Å². The smallest absolute Gasteiger partial charge is 0.338 e. The molecule has 2 aromatic heterocycles. The van der Waals surface area contributed by atoms with Crippen molar-refractivity contribution >= 4 is 63.9 Å². The Bertz CT molecular complexity index is 1470. The van der Waals surface area contributed by atoms with Crippen LogP contribution in [0.15, 0.2) is 56.8 Å². The van der Waals surface area contributed by atoms with Gasteiger partial charge in [-0.3, -0.25) is 14.2 Å². The van der Waals surface area contributed by atoms with Gasteiger partial charge < -0.3 is 9.84 Å². The van der Waals surface area contributed by atoms with Crippen LogP contribution in [0.1, 0.15) is 44.2 Å². The van der Waals surface area contributed by atoms with Gasteiger partial charge >= 0.3 is 5.97 Å². The van der Waals surface area contributed by atoms with Gasteiger partial charge in [0.2, 0.25) is 0 Å². The van der Waals surface area contributed by atoms with Crippen LogP contribution >= 0.6 is 45.9 Å². The van der Waals surface area contributed by atoms with Crippen molar-refractivity contribution in [2.45, 2.75) is 39.8 Å². The van der Waals surface area contributed by atoms with Gasteiger partial charge in [0.25, 0.3) is 11.5 Å². The summed E-state index contributed by atoms with van der Waals surface area (Å²) in [5.41, 5.74) is 1.36. The number of allylic oxidation sites excluding steroid dienone is 1. The molecule has 1 aliphatic heterocycles. The molecule has 0 saturated heterocycles. The molecule has 0 spiro atoms. The highest BCUT2D eigenvalue weighted by atomic mass is 35.5. The number of hydrogen-bond donors (Lipinski definition) is 1. The number of fused-ring (bicyclic) bond motifs is 1. The Kier molecular flexibility index (Phi) is 8.71. The number of aliphatic carboxylic acids is 1. The van der Waals surface area contributed by atoms with Crippen molar-refractivity contribution in [2.75, 3.05) is 0 Å². The van der Waals surface area contributed by atoms with E-state index in [1.165, 1.54) is 22.7 Å². The second-order valence-corrected chi connectivity index (χ2v) is 10.6. The molecule has 7 nitrogen and oxygen atoms in total. The minimum absolute atomic E-state index is 0.240. The third-order valence-corrected chi connectivity index (χ3v) is 7.12. The van der Waals surface area contributed by atoms with Gasteiger partial charge in [-0.2, -0.15) is 0 Å². The lowest BCUT2D eigenvalue weighted by atomic mass is 10.0. The number of thiophene rings is 1. The summed E-state index contributed by atoms with van der Waals surface area (Å²) in [5.74, 6) is -1.30. The Morgan fingerprint density at radius 2 is 1.94 bits per heavy atom. The molecule has 3 heterocycles. The summed E-state index contributed by atoms with van der Waals surface area (Å²) in [6.07, 6.45) is 1.44. The number of esters is 1. The molecule has 0 amide bonds. The number of ether oxygens (including phenoxy) is 1. The fourth-order valence-electron chi connectivity index (χ4n) is 3.34. The van der Waals surface area contributed by atoms with Crippen molar-refractivity contribution in [1.29, 1.82) is 0 Å². The number of halogens is 2. The van der Waals surface area contributed by atoms with Crippen LogP contribution in [0.3, 0.4) is 0 Å². The van der Waals surface area contributed by atoms with Crippen LogP contribution in [0.5, 0.6) is 0 Å². The Morgan fingerprint density at radius 3 is 2.51 bits per heavy atom. The number of carbonyl (C=O) groups is 2. The van der Waals surface area contributed by atoms with E-state index in [4.69, 9.17) is 37.8 Å². The number of aromatic nitrogens is 1. The van der Waals surface area contributed by atoms with E-state index in [0.717, 1.165) is 11.8 Å². The number of benzene rings is 1. The van der Waals surface area contributed by atoms with E-state index in [1.54, 1.807) is 49.6 Å². The SMILES string of the molecule is CC(=O)O.CC1=C(C(=O)OC(C)C)C(c2cccs2)n2c(s/c(=C/c3ccc(Cl)cc3Cl)c2=O)=N1. The number of carboxylic acid groups (broad SMARTS) is 1. The quantitative estimate of drug-likeness (QED) is 0.475. The monoisotopic (exact) mass is 552 g/mol. The van der Waals surface area contributed by atoms with Crippen LogP contribution in [0.4, 0.5) is 0 Å². The zero-order valence-corrected chi connectivity index (χ0v) is 22.4. The molecule has 4 rings (SSSR count). The van der Waals surface area contributed by atoms with Crippen LogP contribution in [0.2, 0.25) is 10.0 Å². The standard InChI is InChI=1S/C22H18Cl2N2O3S2.C2H4O2/c1-11(2)29-21(28)18-12(3)25-22-26(19(18)16-5-4-8-30-16)20(27)17(31-22)9-13-6-7-14(23)10-15(13)24;1-2(3)4/h4-11,19H,1-3H3;1H3,(H,3,4)/b17-9+;. The molecule has 1 atom stereocenters. The molecule has 1 unspecified atom stereocenters. The fourth-order valence-corrected chi connectivity index (χ4v) is 5.66. The number of nitrogens with zero attached hydrogens (tertiary/aromatic N) is 2. The van der Waals surface area contributed by atoms with Gasteiger partial charge in [0.05, 0.1) is 21.9 Å². The predicted molar refractivity (Wildman–Crippen MR) is 139 cm³/mol. The Morgan fingerprint density at radius 1 is 1.26 bits per heavy atom. The average Bonchev–Trinajstić information content (AvgIpc) is 3.37. The first-order valence-electron chi connectivity index (χ1n) is 10.4. The molecule has 0 radical (unpaired) electrons. The van der Waals surface area contributed by atoms with E-state index in [9.17, 15) is 9.59 Å². The molecule has 35 heavy (non-hydrogen) atoms. The van der Waals surface area contributed by atoms with Crippen LogP contribution < -0.4 is 14.9 Å². The van der Waals surface area contributed by atoms with Gasteiger partial charge in [-0.15, -0.1) is 11.3 Å². The van der Waals surface area contributed by atoms with Crippen molar-refractivity contribution in [1.82, 2.24) is 4.57 Å². The maximum absolute atomic E-state index is 13.4. The highest BCUT2D eigenvalue weighted by Gasteiger charge is 2.34. The largest absolute Gasteiger partial charge is 0.481 e. The van der Waals surface area contributed by atoms with E-state index < -0.39 is 18.0 Å². The first-order valence-corrected chi connectivity index (χ1v) is 12.9. The zero-order valence-electron chi connectivity index (χ0n) is 19.2. The highest BCUT2D eigenvalue weighted by molar-refractivity contribution is 7.10. The number of thiazole rings is 1. The van der Waals surface area contributed by atoms with Crippen LogP contribution in [0.25, 0.3) is 6.08 Å². The first kappa shape index (κ1) is 26.9. The molecule has 0 bridgehead atoms. The summed E-state index contributed by atoms with van der Waals surface area (Å²) < 4.78 is 7.50. The van der Waals surface area contributed by atoms with E-state index in [0.29, 0.717) is 36.2 Å². The molecule has 0 aliphatic carbocycles. The van der Waals surface area contributed by atoms with Gasteiger partial charge in [0.1, 0.15) is 6.04 Å². The lowest BCUT2D eigenvalue weighted by Gasteiger charge is -2.24. The van der Waals surface area contributed by atoms with Gasteiger partial charge in [-0.05, 0) is 56.0 Å². The Balaban J connectivity index is 0.000000795.